The normalized spacial score (nSPS) is 14.8. The molecular weight excluding hydrogens is 496 g/mol. The van der Waals surface area contributed by atoms with Crippen LogP contribution < -0.4 is 0 Å². The van der Waals surface area contributed by atoms with Gasteiger partial charge < -0.3 is 10.0 Å². The van der Waals surface area contributed by atoms with E-state index in [2.05, 4.69) is 91.8 Å². The summed E-state index contributed by atoms with van der Waals surface area (Å²) in [5, 5.41) is 9.89. The second-order valence-corrected chi connectivity index (χ2v) is 11.8. The van der Waals surface area contributed by atoms with Gasteiger partial charge in [0.25, 0.3) is 5.91 Å². The Morgan fingerprint density at radius 3 is 2.23 bits per heavy atom. The van der Waals surface area contributed by atoms with Crippen molar-refractivity contribution in [1.29, 1.82) is 0 Å². The Bertz CT molecular complexity index is 1490. The molecule has 0 aliphatic carbocycles. The summed E-state index contributed by atoms with van der Waals surface area (Å²) in [4.78, 5) is 23.5. The minimum absolute atomic E-state index is 0.00361. The Kier molecular flexibility index (Phi) is 8.11. The van der Waals surface area contributed by atoms with Crippen molar-refractivity contribution >= 4 is 16.9 Å². The van der Waals surface area contributed by atoms with Crippen LogP contribution in [0, 0.1) is 27.7 Å². The van der Waals surface area contributed by atoms with E-state index in [4.69, 9.17) is 4.98 Å². The lowest BCUT2D eigenvalue weighted by Gasteiger charge is -2.29. The van der Waals surface area contributed by atoms with Gasteiger partial charge in [0.05, 0.1) is 23.7 Å². The molecule has 6 heteroatoms. The first kappa shape index (κ1) is 28.1. The van der Waals surface area contributed by atoms with Crippen LogP contribution in [-0.4, -0.2) is 55.6 Å². The number of amides is 1. The van der Waals surface area contributed by atoms with Crippen molar-refractivity contribution in [3.8, 4) is 5.69 Å². The molecule has 0 spiro atoms. The quantitative estimate of drug-likeness (QED) is 0.301. The zero-order chi connectivity index (χ0) is 28.6. The second-order valence-electron chi connectivity index (χ2n) is 11.8. The third-order valence-corrected chi connectivity index (χ3v) is 8.13. The van der Waals surface area contributed by atoms with E-state index in [0.717, 1.165) is 71.7 Å². The lowest BCUT2D eigenvalue weighted by Crippen LogP contribution is -2.38. The fourth-order valence-electron chi connectivity index (χ4n) is 6.00. The molecule has 0 unspecified atom stereocenters. The van der Waals surface area contributed by atoms with Gasteiger partial charge in [-0.15, -0.1) is 0 Å². The molecule has 1 amide bonds. The molecule has 2 heterocycles. The number of hydrogen-bond donors (Lipinski definition) is 1. The number of aliphatic hydroxyl groups excluding tert-OH is 1. The smallest absolute Gasteiger partial charge is 0.255 e. The molecular formula is C34H42N4O2. The van der Waals surface area contributed by atoms with Gasteiger partial charge in [-0.25, -0.2) is 4.98 Å². The van der Waals surface area contributed by atoms with Crippen molar-refractivity contribution < 1.29 is 9.90 Å². The SMILES string of the molecule is Cc1ccc(-n2c(CN(C(=O)c3c(C)cc(C)cc3C)C(C)C)nc3cc(CN4CCC(O)CC4)ccc32)cc1. The number of carbonyl (C=O) groups excluding carboxylic acids is 1. The molecule has 0 atom stereocenters. The van der Waals surface area contributed by atoms with Crippen LogP contribution in [0.15, 0.2) is 54.6 Å². The number of hydrogen-bond acceptors (Lipinski definition) is 4. The molecule has 1 aliphatic rings. The average molecular weight is 539 g/mol. The van der Waals surface area contributed by atoms with Gasteiger partial charge in [-0.05, 0) is 95.3 Å². The van der Waals surface area contributed by atoms with Gasteiger partial charge in [0.1, 0.15) is 5.82 Å². The van der Waals surface area contributed by atoms with E-state index in [9.17, 15) is 9.90 Å². The zero-order valence-electron chi connectivity index (χ0n) is 24.7. The fraction of sp³-hybridized carbons (Fsp3) is 0.412. The summed E-state index contributed by atoms with van der Waals surface area (Å²) in [6, 6.07) is 19.2. The molecule has 210 valence electrons. The first-order valence-corrected chi connectivity index (χ1v) is 14.5. The number of aromatic nitrogens is 2. The highest BCUT2D eigenvalue weighted by Crippen LogP contribution is 2.27. The Labute approximate surface area is 238 Å². The molecule has 1 aliphatic heterocycles. The Morgan fingerprint density at radius 2 is 1.60 bits per heavy atom. The molecule has 40 heavy (non-hydrogen) atoms. The summed E-state index contributed by atoms with van der Waals surface area (Å²) < 4.78 is 2.20. The summed E-state index contributed by atoms with van der Waals surface area (Å²) in [5.41, 5.74) is 9.40. The first-order valence-electron chi connectivity index (χ1n) is 14.5. The fourth-order valence-corrected chi connectivity index (χ4v) is 6.00. The molecule has 6 nitrogen and oxygen atoms in total. The van der Waals surface area contributed by atoms with Crippen molar-refractivity contribution in [2.75, 3.05) is 13.1 Å². The first-order chi connectivity index (χ1) is 19.1. The summed E-state index contributed by atoms with van der Waals surface area (Å²) in [6.45, 7) is 15.4. The van der Waals surface area contributed by atoms with Gasteiger partial charge in [-0.3, -0.25) is 14.3 Å². The van der Waals surface area contributed by atoms with Gasteiger partial charge in [0, 0.05) is 36.9 Å². The molecule has 4 aromatic rings. The number of piperidine rings is 1. The van der Waals surface area contributed by atoms with Crippen LogP contribution in [0.2, 0.25) is 0 Å². The van der Waals surface area contributed by atoms with Crippen LogP contribution in [0.1, 0.15) is 70.7 Å². The van der Waals surface area contributed by atoms with Crippen LogP contribution in [0.3, 0.4) is 0 Å². The lowest BCUT2D eigenvalue weighted by molar-refractivity contribution is 0.0682. The van der Waals surface area contributed by atoms with E-state index in [1.165, 1.54) is 16.7 Å². The van der Waals surface area contributed by atoms with Crippen LogP contribution in [-0.2, 0) is 13.1 Å². The van der Waals surface area contributed by atoms with E-state index in [1.54, 1.807) is 0 Å². The van der Waals surface area contributed by atoms with E-state index >= 15 is 0 Å². The summed E-state index contributed by atoms with van der Waals surface area (Å²) in [5.74, 6) is 0.891. The van der Waals surface area contributed by atoms with Gasteiger partial charge in [0.15, 0.2) is 0 Å². The van der Waals surface area contributed by atoms with Gasteiger partial charge in [0.2, 0.25) is 0 Å². The molecule has 0 saturated carbocycles. The summed E-state index contributed by atoms with van der Waals surface area (Å²) in [6.07, 6.45) is 1.48. The van der Waals surface area contributed by atoms with Crippen LogP contribution >= 0.6 is 0 Å². The van der Waals surface area contributed by atoms with Crippen molar-refractivity contribution in [3.63, 3.8) is 0 Å². The third kappa shape index (κ3) is 5.84. The van der Waals surface area contributed by atoms with Crippen molar-refractivity contribution in [1.82, 2.24) is 19.4 Å². The molecule has 1 saturated heterocycles. The third-order valence-electron chi connectivity index (χ3n) is 8.13. The van der Waals surface area contributed by atoms with Crippen molar-refractivity contribution in [2.45, 2.75) is 79.6 Å². The molecule has 3 aromatic carbocycles. The maximum absolute atomic E-state index is 14.0. The number of likely N-dealkylation sites (tertiary alicyclic amines) is 1. The molecule has 1 aromatic heterocycles. The number of aliphatic hydroxyl groups is 1. The summed E-state index contributed by atoms with van der Waals surface area (Å²) >= 11 is 0. The second kappa shape index (κ2) is 11.6. The number of benzene rings is 3. The molecule has 0 radical (unpaired) electrons. The lowest BCUT2D eigenvalue weighted by atomic mass is 9.98. The zero-order valence-corrected chi connectivity index (χ0v) is 24.7. The maximum Gasteiger partial charge on any atom is 0.255 e. The van der Waals surface area contributed by atoms with Crippen LogP contribution in [0.5, 0.6) is 0 Å². The van der Waals surface area contributed by atoms with Crippen molar-refractivity contribution in [3.05, 3.63) is 93.8 Å². The number of aryl methyl sites for hydroxylation is 4. The van der Waals surface area contributed by atoms with Gasteiger partial charge in [-0.1, -0.05) is 41.5 Å². The topological polar surface area (TPSA) is 61.6 Å². The Hall–Kier alpha value is -3.48. The molecule has 1 N–H and O–H groups in total. The average Bonchev–Trinajstić information content (AvgIpc) is 3.25. The Morgan fingerprint density at radius 1 is 0.950 bits per heavy atom. The molecule has 0 bridgehead atoms. The molecule has 5 rings (SSSR count). The number of imidazole rings is 1. The predicted octanol–water partition coefficient (Wildman–Crippen LogP) is 6.27. The van der Waals surface area contributed by atoms with E-state index in [1.807, 2.05) is 18.7 Å². The van der Waals surface area contributed by atoms with Crippen LogP contribution in [0.25, 0.3) is 16.7 Å². The largest absolute Gasteiger partial charge is 0.393 e. The van der Waals surface area contributed by atoms with Gasteiger partial charge >= 0.3 is 0 Å². The highest BCUT2D eigenvalue weighted by Gasteiger charge is 2.26. The van der Waals surface area contributed by atoms with Gasteiger partial charge in [-0.2, -0.15) is 0 Å². The minimum Gasteiger partial charge on any atom is -0.393 e. The Balaban J connectivity index is 1.54. The van der Waals surface area contributed by atoms with E-state index in [-0.39, 0.29) is 18.1 Å². The van der Waals surface area contributed by atoms with E-state index in [0.29, 0.717) is 6.54 Å². The highest BCUT2D eigenvalue weighted by atomic mass is 16.3. The number of fused-ring (bicyclic) bond motifs is 1. The van der Waals surface area contributed by atoms with Crippen molar-refractivity contribution in [2.24, 2.45) is 0 Å². The number of carbonyl (C=O) groups is 1. The minimum atomic E-state index is -0.175. The predicted molar refractivity (Wildman–Crippen MR) is 162 cm³/mol. The maximum atomic E-state index is 14.0. The number of nitrogens with zero attached hydrogens (tertiary/aromatic N) is 4. The molecule has 1 fully saturated rings. The van der Waals surface area contributed by atoms with Crippen LogP contribution in [0.4, 0.5) is 0 Å². The number of rotatable bonds is 7. The highest BCUT2D eigenvalue weighted by molar-refractivity contribution is 5.97. The summed E-state index contributed by atoms with van der Waals surface area (Å²) in [7, 11) is 0. The monoisotopic (exact) mass is 538 g/mol. The van der Waals surface area contributed by atoms with E-state index < -0.39 is 0 Å². The standard InChI is InChI=1S/C34H42N4O2/c1-22(2)37(34(40)33-25(5)17-24(4)18-26(33)6)21-32-35-30-19-27(20-36-15-13-29(39)14-16-36)9-12-31(30)38(32)28-10-7-23(3)8-11-28/h7-12,17-19,22,29,39H,13-16,20-21H2,1-6H3.